The molecule has 0 heterocycles. The van der Waals surface area contributed by atoms with Gasteiger partial charge in [0, 0.05) is 12.1 Å². The molecule has 0 aliphatic heterocycles. The summed E-state index contributed by atoms with van der Waals surface area (Å²) in [6, 6.07) is 3.26. The van der Waals surface area contributed by atoms with Crippen molar-refractivity contribution in [1.82, 2.24) is 0 Å². The predicted molar refractivity (Wildman–Crippen MR) is 45.2 cm³/mol. The van der Waals surface area contributed by atoms with E-state index < -0.39 is 26.9 Å². The Bertz CT molecular complexity index is 359. The van der Waals surface area contributed by atoms with Gasteiger partial charge in [0.15, 0.2) is 0 Å². The Morgan fingerprint density at radius 3 is 1.86 bits per heavy atom. The number of nitro benzene ring substituents is 2. The molecule has 0 fully saturated rings. The van der Waals surface area contributed by atoms with Crippen LogP contribution in [0.2, 0.25) is 0 Å². The van der Waals surface area contributed by atoms with Crippen LogP contribution in [0.1, 0.15) is 0 Å². The smallest absolute Gasteiger partial charge is 0.291 e. The summed E-state index contributed by atoms with van der Waals surface area (Å²) in [5.74, 6) is 0. The van der Waals surface area contributed by atoms with E-state index in [0.29, 0.717) is 0 Å². The molecule has 74 valence electrons. The van der Waals surface area contributed by atoms with Gasteiger partial charge in [-0.05, 0) is 6.07 Å². The number of nitro groups is 2. The molecule has 8 heteroatoms. The lowest BCUT2D eigenvalue weighted by molar-refractivity contribution is -0.392. The van der Waals surface area contributed by atoms with Crippen LogP contribution in [0, 0.1) is 20.2 Å². The maximum Gasteiger partial charge on any atom is 0.301 e. The molecule has 1 aromatic rings. The Kier molecular flexibility index (Phi) is 2.58. The topological polar surface area (TPSA) is 119 Å². The molecule has 8 nitrogen and oxygen atoms in total. The fourth-order valence-corrected chi connectivity index (χ4v) is 0.947. The zero-order valence-electron chi connectivity index (χ0n) is 6.71. The maximum absolute atomic E-state index is 10.4. The number of hydrogen-bond acceptors (Lipinski definition) is 6. The summed E-state index contributed by atoms with van der Waals surface area (Å²) in [6.45, 7) is 0. The lowest BCUT2D eigenvalue weighted by atomic mass is 10.2. The average molecular weight is 199 g/mol. The lowest BCUT2D eigenvalue weighted by Gasteiger charge is -2.00. The SMILES string of the molecule is O=[N+]([O-])c1cccc([N+](=O)[O-])c1NO. The van der Waals surface area contributed by atoms with Crippen molar-refractivity contribution in [3.63, 3.8) is 0 Å². The third-order valence-corrected chi connectivity index (χ3v) is 1.53. The second-order valence-corrected chi connectivity index (χ2v) is 2.30. The van der Waals surface area contributed by atoms with Crippen LogP contribution in [-0.4, -0.2) is 15.1 Å². The zero-order chi connectivity index (χ0) is 10.7. The molecule has 14 heavy (non-hydrogen) atoms. The normalized spacial score (nSPS) is 9.50. The average Bonchev–Trinajstić information content (AvgIpc) is 2.16. The molecular formula is C6H5N3O5. The fourth-order valence-electron chi connectivity index (χ4n) is 0.947. The van der Waals surface area contributed by atoms with Gasteiger partial charge in [0.25, 0.3) is 0 Å². The molecule has 0 atom stereocenters. The highest BCUT2D eigenvalue weighted by atomic mass is 16.6. The summed E-state index contributed by atoms with van der Waals surface area (Å²) in [6.07, 6.45) is 0. The van der Waals surface area contributed by atoms with Crippen molar-refractivity contribution < 1.29 is 15.1 Å². The number of para-hydroxylation sites is 1. The first-order chi connectivity index (χ1) is 6.57. The van der Waals surface area contributed by atoms with Gasteiger partial charge in [-0.1, -0.05) is 0 Å². The highest BCUT2D eigenvalue weighted by molar-refractivity contribution is 5.72. The minimum atomic E-state index is -0.828. The highest BCUT2D eigenvalue weighted by Crippen LogP contribution is 2.32. The standard InChI is InChI=1S/C6H5N3O5/c10-7-6-4(8(11)12)2-1-3-5(6)9(13)14/h1-3,7,10H. The molecule has 0 amide bonds. The number of nitrogens with one attached hydrogen (secondary N) is 1. The summed E-state index contributed by atoms with van der Waals surface area (Å²) in [4.78, 5) is 19.1. The molecule has 0 aliphatic rings. The molecule has 0 aliphatic carbocycles. The molecule has 0 bridgehead atoms. The zero-order valence-corrected chi connectivity index (χ0v) is 6.71. The van der Waals surface area contributed by atoms with Gasteiger partial charge in [-0.3, -0.25) is 30.9 Å². The van der Waals surface area contributed by atoms with Crippen LogP contribution in [0.15, 0.2) is 18.2 Å². The van der Waals surface area contributed by atoms with Crippen LogP contribution in [0.5, 0.6) is 0 Å². The lowest BCUT2D eigenvalue weighted by Crippen LogP contribution is -2.01. The molecule has 2 N–H and O–H groups in total. The van der Waals surface area contributed by atoms with E-state index >= 15 is 0 Å². The van der Waals surface area contributed by atoms with Gasteiger partial charge in [-0.15, -0.1) is 0 Å². The van der Waals surface area contributed by atoms with Crippen molar-refractivity contribution in [1.29, 1.82) is 0 Å². The summed E-state index contributed by atoms with van der Waals surface area (Å²) in [7, 11) is 0. The van der Waals surface area contributed by atoms with Gasteiger partial charge in [0.2, 0.25) is 5.69 Å². The molecule has 0 radical (unpaired) electrons. The second kappa shape index (κ2) is 3.66. The Balaban J connectivity index is 3.39. The number of hydrogen-bond donors (Lipinski definition) is 2. The Labute approximate surface area is 77.0 Å². The predicted octanol–water partition coefficient (Wildman–Crippen LogP) is 1.30. The number of rotatable bonds is 3. The third kappa shape index (κ3) is 1.59. The molecule has 0 aromatic heterocycles. The maximum atomic E-state index is 10.4. The number of benzene rings is 1. The Morgan fingerprint density at radius 1 is 1.14 bits per heavy atom. The minimum absolute atomic E-state index is 0.525. The van der Waals surface area contributed by atoms with Gasteiger partial charge in [-0.2, -0.15) is 0 Å². The van der Waals surface area contributed by atoms with Crippen LogP contribution in [-0.2, 0) is 0 Å². The number of nitrogens with zero attached hydrogens (tertiary/aromatic N) is 2. The van der Waals surface area contributed by atoms with Crippen LogP contribution >= 0.6 is 0 Å². The quantitative estimate of drug-likeness (QED) is 0.559. The van der Waals surface area contributed by atoms with Crippen LogP contribution in [0.3, 0.4) is 0 Å². The monoisotopic (exact) mass is 199 g/mol. The van der Waals surface area contributed by atoms with Gasteiger partial charge >= 0.3 is 11.4 Å². The summed E-state index contributed by atoms with van der Waals surface area (Å²) in [5, 5.41) is 29.3. The van der Waals surface area contributed by atoms with E-state index in [1.807, 2.05) is 0 Å². The van der Waals surface area contributed by atoms with Crippen molar-refractivity contribution in [2.45, 2.75) is 0 Å². The molecule has 1 rings (SSSR count). The molecule has 0 saturated carbocycles. The van der Waals surface area contributed by atoms with Crippen molar-refractivity contribution in [3.05, 3.63) is 38.4 Å². The second-order valence-electron chi connectivity index (χ2n) is 2.30. The van der Waals surface area contributed by atoms with Crippen LogP contribution < -0.4 is 5.48 Å². The van der Waals surface area contributed by atoms with Gasteiger partial charge in [-0.25, -0.2) is 0 Å². The van der Waals surface area contributed by atoms with Crippen molar-refractivity contribution >= 4 is 17.1 Å². The van der Waals surface area contributed by atoms with E-state index in [-0.39, 0.29) is 0 Å². The molecule has 0 saturated heterocycles. The van der Waals surface area contributed by atoms with Crippen LogP contribution in [0.4, 0.5) is 17.1 Å². The van der Waals surface area contributed by atoms with Gasteiger partial charge in [0.1, 0.15) is 0 Å². The summed E-state index contributed by atoms with van der Waals surface area (Å²) < 4.78 is 0. The van der Waals surface area contributed by atoms with E-state index in [0.717, 1.165) is 18.2 Å². The molecule has 0 unspecified atom stereocenters. The van der Waals surface area contributed by atoms with Crippen molar-refractivity contribution in [3.8, 4) is 0 Å². The summed E-state index contributed by atoms with van der Waals surface area (Å²) >= 11 is 0. The van der Waals surface area contributed by atoms with E-state index in [1.54, 1.807) is 0 Å². The van der Waals surface area contributed by atoms with Crippen molar-refractivity contribution in [2.75, 3.05) is 5.48 Å². The first kappa shape index (κ1) is 9.86. The van der Waals surface area contributed by atoms with E-state index in [4.69, 9.17) is 5.21 Å². The van der Waals surface area contributed by atoms with Gasteiger partial charge in [0.05, 0.1) is 9.85 Å². The van der Waals surface area contributed by atoms with Crippen LogP contribution in [0.25, 0.3) is 0 Å². The molecule has 0 spiro atoms. The third-order valence-electron chi connectivity index (χ3n) is 1.53. The number of anilines is 1. The Hall–Kier alpha value is -2.22. The highest BCUT2D eigenvalue weighted by Gasteiger charge is 2.23. The Morgan fingerprint density at radius 2 is 1.57 bits per heavy atom. The minimum Gasteiger partial charge on any atom is -0.291 e. The van der Waals surface area contributed by atoms with E-state index in [1.165, 1.54) is 5.48 Å². The van der Waals surface area contributed by atoms with E-state index in [9.17, 15) is 20.2 Å². The first-order valence-electron chi connectivity index (χ1n) is 3.40. The summed E-state index contributed by atoms with van der Waals surface area (Å²) in [5.41, 5.74) is -0.190. The largest absolute Gasteiger partial charge is 0.301 e. The first-order valence-corrected chi connectivity index (χ1v) is 3.40. The molecule has 1 aromatic carbocycles. The van der Waals surface area contributed by atoms with Crippen molar-refractivity contribution in [2.24, 2.45) is 0 Å². The van der Waals surface area contributed by atoms with E-state index in [2.05, 4.69) is 0 Å². The van der Waals surface area contributed by atoms with Gasteiger partial charge < -0.3 is 0 Å². The fraction of sp³-hybridized carbons (Fsp3) is 0. The molecular weight excluding hydrogens is 194 g/mol.